The number of carbonyl (C=O) groups excluding carboxylic acids is 2. The number of carbonyl (C=O) groups is 2. The van der Waals surface area contributed by atoms with Crippen molar-refractivity contribution in [1.29, 1.82) is 0 Å². The van der Waals surface area contributed by atoms with Crippen molar-refractivity contribution in [3.63, 3.8) is 0 Å². The number of piperidine rings is 1. The largest absolute Gasteiger partial charge is 0.455 e. The lowest BCUT2D eigenvalue weighted by molar-refractivity contribution is -0.152. The summed E-state index contributed by atoms with van der Waals surface area (Å²) in [4.78, 5) is 34.8. The number of aromatic nitrogens is 2. The molecule has 1 aromatic heterocycles. The van der Waals surface area contributed by atoms with Crippen LogP contribution in [0.3, 0.4) is 0 Å². The van der Waals surface area contributed by atoms with Crippen molar-refractivity contribution in [1.82, 2.24) is 9.97 Å². The molecule has 0 radical (unpaired) electrons. The number of rotatable bonds is 6. The zero-order valence-corrected chi connectivity index (χ0v) is 16.3. The van der Waals surface area contributed by atoms with Crippen molar-refractivity contribution in [2.45, 2.75) is 32.6 Å². The fourth-order valence-corrected chi connectivity index (χ4v) is 3.17. The minimum absolute atomic E-state index is 0.196. The van der Waals surface area contributed by atoms with Crippen molar-refractivity contribution in [3.05, 3.63) is 48.3 Å². The lowest BCUT2D eigenvalue weighted by Gasteiger charge is -2.30. The van der Waals surface area contributed by atoms with E-state index < -0.39 is 0 Å². The number of nitrogens with zero attached hydrogens (tertiary/aromatic N) is 3. The molecular weight excluding hydrogens is 356 g/mol. The van der Waals surface area contributed by atoms with Crippen LogP contribution in [0.15, 0.2) is 42.7 Å². The Morgan fingerprint density at radius 3 is 2.39 bits per heavy atom. The minimum atomic E-state index is -0.333. The highest BCUT2D eigenvalue weighted by Crippen LogP contribution is 2.21. The summed E-state index contributed by atoms with van der Waals surface area (Å²) in [6.45, 7) is 5.35. The van der Waals surface area contributed by atoms with E-state index in [0.717, 1.165) is 0 Å². The van der Waals surface area contributed by atoms with Crippen molar-refractivity contribution in [3.8, 4) is 0 Å². The lowest BCUT2D eigenvalue weighted by Crippen LogP contribution is -2.38. The normalized spacial score (nSPS) is 14.8. The molecule has 7 nitrogen and oxygen atoms in total. The van der Waals surface area contributed by atoms with Crippen LogP contribution in [0.2, 0.25) is 0 Å². The maximum absolute atomic E-state index is 12.3. The molecule has 1 aromatic carbocycles. The first-order chi connectivity index (χ1) is 13.5. The van der Waals surface area contributed by atoms with Crippen LogP contribution in [0.4, 0.5) is 11.6 Å². The summed E-state index contributed by atoms with van der Waals surface area (Å²) >= 11 is 0. The Labute approximate surface area is 165 Å². The third kappa shape index (κ3) is 5.28. The average Bonchev–Trinajstić information content (AvgIpc) is 2.73. The first kappa shape index (κ1) is 19.8. The number of anilines is 2. The predicted molar refractivity (Wildman–Crippen MR) is 107 cm³/mol. The van der Waals surface area contributed by atoms with E-state index >= 15 is 0 Å². The quantitative estimate of drug-likeness (QED) is 0.773. The van der Waals surface area contributed by atoms with Gasteiger partial charge in [-0.3, -0.25) is 9.59 Å². The summed E-state index contributed by atoms with van der Waals surface area (Å²) in [6, 6.07) is 9.46. The molecule has 0 saturated carbocycles. The van der Waals surface area contributed by atoms with Crippen molar-refractivity contribution >= 4 is 23.5 Å². The van der Waals surface area contributed by atoms with Crippen LogP contribution in [-0.4, -0.2) is 41.5 Å². The first-order valence-electron chi connectivity index (χ1n) is 9.61. The fraction of sp³-hybridized carbons (Fsp3) is 0.429. The number of nitrogens with one attached hydrogen (secondary N) is 1. The Hall–Kier alpha value is -2.96. The minimum Gasteiger partial charge on any atom is -0.455 e. The van der Waals surface area contributed by atoms with Gasteiger partial charge in [0.1, 0.15) is 0 Å². The Balaban J connectivity index is 1.41. The van der Waals surface area contributed by atoms with Crippen molar-refractivity contribution in [2.75, 3.05) is 29.9 Å². The van der Waals surface area contributed by atoms with Gasteiger partial charge >= 0.3 is 5.97 Å². The van der Waals surface area contributed by atoms with E-state index in [1.165, 1.54) is 5.56 Å². The molecule has 7 heteroatoms. The van der Waals surface area contributed by atoms with Crippen molar-refractivity contribution in [2.24, 2.45) is 5.92 Å². The summed E-state index contributed by atoms with van der Waals surface area (Å²) in [5.74, 6) is 0.264. The number of esters is 1. The summed E-state index contributed by atoms with van der Waals surface area (Å²) in [6.07, 6.45) is 4.74. The first-order valence-corrected chi connectivity index (χ1v) is 9.61. The molecule has 0 bridgehead atoms. The van der Waals surface area contributed by atoms with Gasteiger partial charge in [-0.2, -0.15) is 0 Å². The van der Waals surface area contributed by atoms with E-state index in [1.54, 1.807) is 18.5 Å². The van der Waals surface area contributed by atoms with E-state index in [4.69, 9.17) is 4.74 Å². The zero-order valence-electron chi connectivity index (χ0n) is 16.3. The summed E-state index contributed by atoms with van der Waals surface area (Å²) < 4.78 is 5.22. The van der Waals surface area contributed by atoms with Gasteiger partial charge in [0, 0.05) is 31.2 Å². The Kier molecular flexibility index (Phi) is 6.57. The predicted octanol–water partition coefficient (Wildman–Crippen LogP) is 3.00. The highest BCUT2D eigenvalue weighted by atomic mass is 16.5. The Morgan fingerprint density at radius 2 is 1.79 bits per heavy atom. The van der Waals surface area contributed by atoms with E-state index in [2.05, 4.69) is 34.0 Å². The third-order valence-corrected chi connectivity index (χ3v) is 4.87. The molecule has 1 saturated heterocycles. The third-order valence-electron chi connectivity index (χ3n) is 4.87. The number of benzene rings is 1. The maximum atomic E-state index is 12.3. The highest BCUT2D eigenvalue weighted by molar-refractivity contribution is 5.92. The van der Waals surface area contributed by atoms with Gasteiger partial charge in [-0.05, 0) is 42.5 Å². The SMILES string of the molecule is CC(C)c1ccc(NC(=O)COC(=O)C2CCN(c3ncccn3)CC2)cc1. The second kappa shape index (κ2) is 9.30. The van der Waals surface area contributed by atoms with E-state index in [9.17, 15) is 9.59 Å². The van der Waals surface area contributed by atoms with E-state index in [0.29, 0.717) is 43.5 Å². The maximum Gasteiger partial charge on any atom is 0.309 e. The average molecular weight is 382 g/mol. The lowest BCUT2D eigenvalue weighted by atomic mass is 9.97. The molecule has 0 aliphatic carbocycles. The van der Waals surface area contributed by atoms with Gasteiger partial charge in [-0.1, -0.05) is 26.0 Å². The number of hydrogen-bond acceptors (Lipinski definition) is 6. The summed E-state index contributed by atoms with van der Waals surface area (Å²) in [7, 11) is 0. The number of amides is 1. The van der Waals surface area contributed by atoms with Crippen LogP contribution in [0, 0.1) is 5.92 Å². The molecule has 1 aliphatic rings. The molecule has 2 aromatic rings. The van der Waals surface area contributed by atoms with Crippen LogP contribution < -0.4 is 10.2 Å². The zero-order chi connectivity index (χ0) is 19.9. The van der Waals surface area contributed by atoms with E-state index in [-0.39, 0.29) is 24.4 Å². The molecule has 0 spiro atoms. The monoisotopic (exact) mass is 382 g/mol. The number of ether oxygens (including phenoxy) is 1. The van der Waals surface area contributed by atoms with Crippen LogP contribution >= 0.6 is 0 Å². The Bertz CT molecular complexity index is 785. The van der Waals surface area contributed by atoms with Crippen LogP contribution in [0.25, 0.3) is 0 Å². The Morgan fingerprint density at radius 1 is 1.14 bits per heavy atom. The molecule has 2 heterocycles. The molecule has 1 N–H and O–H groups in total. The van der Waals surface area contributed by atoms with Crippen LogP contribution in [0.5, 0.6) is 0 Å². The molecule has 0 atom stereocenters. The molecule has 3 rings (SSSR count). The van der Waals surface area contributed by atoms with Gasteiger partial charge in [-0.15, -0.1) is 0 Å². The molecule has 0 unspecified atom stereocenters. The van der Waals surface area contributed by atoms with Gasteiger partial charge in [0.25, 0.3) is 5.91 Å². The van der Waals surface area contributed by atoms with Gasteiger partial charge < -0.3 is 15.0 Å². The van der Waals surface area contributed by atoms with Gasteiger partial charge in [-0.25, -0.2) is 9.97 Å². The van der Waals surface area contributed by atoms with Gasteiger partial charge in [0.15, 0.2) is 6.61 Å². The molecule has 1 amide bonds. The fourth-order valence-electron chi connectivity index (χ4n) is 3.17. The standard InChI is InChI=1S/C21H26N4O3/c1-15(2)16-4-6-18(7-5-16)24-19(26)14-28-20(27)17-8-12-25(13-9-17)21-22-10-3-11-23-21/h3-7,10-11,15,17H,8-9,12-14H2,1-2H3,(H,24,26). The summed E-state index contributed by atoms with van der Waals surface area (Å²) in [5, 5.41) is 2.75. The van der Waals surface area contributed by atoms with E-state index in [1.807, 2.05) is 24.3 Å². The highest BCUT2D eigenvalue weighted by Gasteiger charge is 2.27. The smallest absolute Gasteiger partial charge is 0.309 e. The van der Waals surface area contributed by atoms with Gasteiger partial charge in [0.05, 0.1) is 5.92 Å². The molecule has 1 fully saturated rings. The summed E-state index contributed by atoms with van der Waals surface area (Å²) in [5.41, 5.74) is 1.90. The van der Waals surface area contributed by atoms with Crippen molar-refractivity contribution < 1.29 is 14.3 Å². The second-order valence-corrected chi connectivity index (χ2v) is 7.24. The number of hydrogen-bond donors (Lipinski definition) is 1. The van der Waals surface area contributed by atoms with Crippen LogP contribution in [-0.2, 0) is 14.3 Å². The topological polar surface area (TPSA) is 84.4 Å². The molecule has 1 aliphatic heterocycles. The van der Waals surface area contributed by atoms with Crippen LogP contribution in [0.1, 0.15) is 38.2 Å². The molecule has 148 valence electrons. The second-order valence-electron chi connectivity index (χ2n) is 7.24. The van der Waals surface area contributed by atoms with Gasteiger partial charge in [0.2, 0.25) is 5.95 Å². The molecular formula is C21H26N4O3. The molecule has 28 heavy (non-hydrogen) atoms.